The van der Waals surface area contributed by atoms with E-state index in [0.29, 0.717) is 39.2 Å². The van der Waals surface area contributed by atoms with Crippen molar-refractivity contribution in [2.45, 2.75) is 125 Å². The van der Waals surface area contributed by atoms with E-state index in [1.54, 1.807) is 18.5 Å². The van der Waals surface area contributed by atoms with E-state index < -0.39 is 0 Å². The van der Waals surface area contributed by atoms with Gasteiger partial charge in [-0.05, 0) is 57.1 Å². The van der Waals surface area contributed by atoms with Crippen molar-refractivity contribution in [2.75, 3.05) is 0 Å². The summed E-state index contributed by atoms with van der Waals surface area (Å²) in [6, 6.07) is 11.7. The number of nitrogens with one attached hydrogen (secondary N) is 1. The van der Waals surface area contributed by atoms with Gasteiger partial charge in [0, 0.05) is 40.6 Å². The molecule has 0 atom stereocenters. The second kappa shape index (κ2) is 12.6. The van der Waals surface area contributed by atoms with Crippen LogP contribution in [0.5, 0.6) is 11.5 Å². The van der Waals surface area contributed by atoms with Crippen LogP contribution in [0.2, 0.25) is 0 Å². The van der Waals surface area contributed by atoms with Gasteiger partial charge >= 0.3 is 0 Å². The predicted octanol–water partition coefficient (Wildman–Crippen LogP) is 10.1. The van der Waals surface area contributed by atoms with Gasteiger partial charge in [0.25, 0.3) is 5.56 Å². The number of phenolic OH excluding ortho intramolecular Hbond substituents is 2. The number of aromatic nitrogens is 2. The Labute approximate surface area is 286 Å². The van der Waals surface area contributed by atoms with Crippen LogP contribution in [-0.2, 0) is 21.7 Å². The van der Waals surface area contributed by atoms with E-state index in [4.69, 9.17) is 15.0 Å². The van der Waals surface area contributed by atoms with Crippen molar-refractivity contribution in [1.29, 1.82) is 0 Å². The molecule has 4 aromatic rings. The van der Waals surface area contributed by atoms with Gasteiger partial charge in [-0.3, -0.25) is 14.8 Å². The minimum absolute atomic E-state index is 0.0641. The SMILES string of the molecule is CC(C)c1nc2cc(N=Cc3cc(C(C)(C)C)cc(C(C)(C)C)c3O)c(N=Cc3cc(C(C)(C)C)cc(C(C)(C)C)c3O)cc2[nH]c1=O. The summed E-state index contributed by atoms with van der Waals surface area (Å²) in [6.07, 6.45) is 3.33. The molecular formula is C41H54N4O3. The van der Waals surface area contributed by atoms with Gasteiger partial charge in [0.05, 0.1) is 22.4 Å². The molecule has 48 heavy (non-hydrogen) atoms. The first-order valence-electron chi connectivity index (χ1n) is 16.8. The molecular weight excluding hydrogens is 596 g/mol. The van der Waals surface area contributed by atoms with Gasteiger partial charge in [0.1, 0.15) is 17.2 Å². The van der Waals surface area contributed by atoms with Crippen LogP contribution in [0.3, 0.4) is 0 Å². The van der Waals surface area contributed by atoms with Crippen LogP contribution in [0.25, 0.3) is 11.0 Å². The number of nitrogens with zero attached hydrogens (tertiary/aromatic N) is 3. The molecule has 256 valence electrons. The molecule has 4 rings (SSSR count). The highest BCUT2D eigenvalue weighted by molar-refractivity contribution is 5.94. The highest BCUT2D eigenvalue weighted by Gasteiger charge is 2.26. The maximum absolute atomic E-state index is 12.9. The number of aliphatic imine (C=N–C) groups is 2. The van der Waals surface area contributed by atoms with Gasteiger partial charge in [-0.15, -0.1) is 0 Å². The molecule has 0 saturated heterocycles. The second-order valence-corrected chi connectivity index (χ2v) is 17.4. The molecule has 3 N–H and O–H groups in total. The Morgan fingerprint density at radius 2 is 1.06 bits per heavy atom. The molecule has 1 aromatic heterocycles. The first kappa shape index (κ1) is 36.6. The van der Waals surface area contributed by atoms with E-state index in [1.165, 1.54) is 0 Å². The lowest BCUT2D eigenvalue weighted by Gasteiger charge is -2.27. The molecule has 0 bridgehead atoms. The van der Waals surface area contributed by atoms with Gasteiger partial charge in [0.15, 0.2) is 0 Å². The van der Waals surface area contributed by atoms with E-state index in [9.17, 15) is 15.0 Å². The second-order valence-electron chi connectivity index (χ2n) is 17.4. The van der Waals surface area contributed by atoms with E-state index in [0.717, 1.165) is 22.3 Å². The van der Waals surface area contributed by atoms with Crippen LogP contribution in [-0.4, -0.2) is 32.6 Å². The number of H-pyrrole nitrogens is 1. The molecule has 0 aliphatic heterocycles. The smallest absolute Gasteiger partial charge is 0.270 e. The van der Waals surface area contributed by atoms with E-state index in [-0.39, 0.29) is 44.6 Å². The topological polar surface area (TPSA) is 111 Å². The Kier molecular flexibility index (Phi) is 9.63. The number of hydrogen-bond donors (Lipinski definition) is 3. The highest BCUT2D eigenvalue weighted by Crippen LogP contribution is 2.40. The molecule has 0 aliphatic rings. The Hall–Kier alpha value is -4.26. The Balaban J connectivity index is 1.98. The average molecular weight is 651 g/mol. The molecule has 0 amide bonds. The molecule has 0 spiro atoms. The highest BCUT2D eigenvalue weighted by atomic mass is 16.3. The van der Waals surface area contributed by atoms with Gasteiger partial charge in [-0.1, -0.05) is 109 Å². The molecule has 0 fully saturated rings. The number of hydrogen-bond acceptors (Lipinski definition) is 6. The summed E-state index contributed by atoms with van der Waals surface area (Å²) < 4.78 is 0. The predicted molar refractivity (Wildman–Crippen MR) is 202 cm³/mol. The lowest BCUT2D eigenvalue weighted by atomic mass is 9.79. The van der Waals surface area contributed by atoms with E-state index in [2.05, 4.69) is 100 Å². The third-order valence-electron chi connectivity index (χ3n) is 8.67. The van der Waals surface area contributed by atoms with Crippen molar-refractivity contribution >= 4 is 34.8 Å². The molecule has 0 saturated carbocycles. The summed E-state index contributed by atoms with van der Waals surface area (Å²) in [5, 5.41) is 22.8. The van der Waals surface area contributed by atoms with Crippen LogP contribution in [0.1, 0.15) is 142 Å². The van der Waals surface area contributed by atoms with Gasteiger partial charge < -0.3 is 15.2 Å². The van der Waals surface area contributed by atoms with Gasteiger partial charge in [-0.25, -0.2) is 4.98 Å². The zero-order chi connectivity index (χ0) is 36.1. The number of rotatable bonds is 5. The molecule has 7 nitrogen and oxygen atoms in total. The molecule has 0 unspecified atom stereocenters. The van der Waals surface area contributed by atoms with Crippen molar-refractivity contribution in [3.8, 4) is 11.5 Å². The van der Waals surface area contributed by atoms with Crippen LogP contribution >= 0.6 is 0 Å². The standard InChI is InChI=1S/C41H54N4O3/c1-23(2)34-37(48)45-33-20-31(43-22-25-16-27(39(6,7)8)18-29(36(25)47)41(12,13)14)30(19-32(33)44-34)42-21-24-15-26(38(3,4)5)17-28(35(24)46)40(9,10)11/h15-23,46-47H,1-14H3,(H,45,48). The summed E-state index contributed by atoms with van der Waals surface area (Å²) >= 11 is 0. The maximum atomic E-state index is 12.9. The summed E-state index contributed by atoms with van der Waals surface area (Å²) in [5.41, 5.74) is 6.49. The van der Waals surface area contributed by atoms with Crippen molar-refractivity contribution in [3.63, 3.8) is 0 Å². The minimum Gasteiger partial charge on any atom is -0.507 e. The number of phenols is 2. The van der Waals surface area contributed by atoms with Crippen molar-refractivity contribution in [1.82, 2.24) is 9.97 Å². The third-order valence-corrected chi connectivity index (χ3v) is 8.67. The zero-order valence-electron chi connectivity index (χ0n) is 31.3. The van der Waals surface area contributed by atoms with Crippen LogP contribution in [0.15, 0.2) is 51.2 Å². The van der Waals surface area contributed by atoms with Crippen molar-refractivity contribution < 1.29 is 10.2 Å². The number of benzene rings is 3. The van der Waals surface area contributed by atoms with Gasteiger partial charge in [0.2, 0.25) is 0 Å². The fourth-order valence-electron chi connectivity index (χ4n) is 5.52. The first-order chi connectivity index (χ1) is 21.9. The first-order valence-corrected chi connectivity index (χ1v) is 16.8. The molecule has 1 heterocycles. The zero-order valence-corrected chi connectivity index (χ0v) is 31.3. The van der Waals surface area contributed by atoms with Crippen molar-refractivity contribution in [3.05, 3.63) is 85.8 Å². The largest absolute Gasteiger partial charge is 0.507 e. The van der Waals surface area contributed by atoms with E-state index >= 15 is 0 Å². The monoisotopic (exact) mass is 650 g/mol. The quantitative estimate of drug-likeness (QED) is 0.187. The fourth-order valence-corrected chi connectivity index (χ4v) is 5.52. The average Bonchev–Trinajstić information content (AvgIpc) is 2.93. The van der Waals surface area contributed by atoms with Crippen LogP contribution in [0.4, 0.5) is 11.4 Å². The van der Waals surface area contributed by atoms with Crippen molar-refractivity contribution in [2.24, 2.45) is 9.98 Å². The van der Waals surface area contributed by atoms with Crippen LogP contribution < -0.4 is 5.56 Å². The molecule has 7 heteroatoms. The number of fused-ring (bicyclic) bond motifs is 1. The Morgan fingerprint density at radius 3 is 1.44 bits per heavy atom. The Bertz CT molecular complexity index is 1970. The molecule has 0 aliphatic carbocycles. The molecule has 0 radical (unpaired) electrons. The van der Waals surface area contributed by atoms with Gasteiger partial charge in [-0.2, -0.15) is 0 Å². The summed E-state index contributed by atoms with van der Waals surface area (Å²) in [7, 11) is 0. The minimum atomic E-state index is -0.291. The third kappa shape index (κ3) is 7.88. The summed E-state index contributed by atoms with van der Waals surface area (Å²) in [6.45, 7) is 29.2. The summed E-state index contributed by atoms with van der Waals surface area (Å²) in [4.78, 5) is 30.3. The number of aromatic amines is 1. The lowest BCUT2D eigenvalue weighted by molar-refractivity contribution is 0.443. The van der Waals surface area contributed by atoms with Crippen LogP contribution in [0, 0.1) is 0 Å². The normalized spacial score (nSPS) is 13.5. The lowest BCUT2D eigenvalue weighted by Crippen LogP contribution is -2.17. The maximum Gasteiger partial charge on any atom is 0.270 e. The van der Waals surface area contributed by atoms with E-state index in [1.807, 2.05) is 32.0 Å². The fraction of sp³-hybridized carbons (Fsp3) is 0.463. The number of aromatic hydroxyl groups is 2. The summed E-state index contributed by atoms with van der Waals surface area (Å²) in [5.74, 6) is 0.305. The molecule has 3 aromatic carbocycles. The Morgan fingerprint density at radius 1 is 0.646 bits per heavy atom.